The highest BCUT2D eigenvalue weighted by Gasteiger charge is 2.14. The van der Waals surface area contributed by atoms with Gasteiger partial charge in [0.2, 0.25) is 0 Å². The van der Waals surface area contributed by atoms with Crippen molar-refractivity contribution in [2.24, 2.45) is 0 Å². The van der Waals surface area contributed by atoms with Crippen molar-refractivity contribution in [1.82, 2.24) is 0 Å². The van der Waals surface area contributed by atoms with E-state index >= 15 is 0 Å². The molecule has 6 N–H and O–H groups in total. The fraction of sp³-hybridized carbons (Fsp3) is 0.0526. The zero-order chi connectivity index (χ0) is 65.5. The first-order valence-electron chi connectivity index (χ1n) is 28.6. The topological polar surface area (TPSA) is 123 Å². The number of hydrogen-bond acceptors (Lipinski definition) is 6. The third-order valence-electron chi connectivity index (χ3n) is 13.8. The molecule has 0 aromatic heterocycles. The van der Waals surface area contributed by atoms with Gasteiger partial charge in [-0.15, -0.1) is 0 Å². The van der Waals surface area contributed by atoms with E-state index in [0.717, 1.165) is 66.2 Å². The molecule has 16 heteroatoms. The average molecular weight is 1310 g/mol. The quantitative estimate of drug-likeness (QED) is 0.0394. The molecule has 0 amide bonds. The molecule has 0 aliphatic carbocycles. The predicted molar refractivity (Wildman–Crippen MR) is 360 cm³/mol. The van der Waals surface area contributed by atoms with Gasteiger partial charge in [-0.2, -0.15) is 0 Å². The maximum Gasteiger partial charge on any atom is 0.337 e. The summed E-state index contributed by atoms with van der Waals surface area (Å²) in [6.07, 6.45) is 8.58. The van der Waals surface area contributed by atoms with Crippen LogP contribution < -0.4 is 21.3 Å². The summed E-state index contributed by atoms with van der Waals surface area (Å²) in [5.41, 5.74) is 13.1. The van der Waals surface area contributed by atoms with Gasteiger partial charge in [-0.05, 0) is 247 Å². The summed E-state index contributed by atoms with van der Waals surface area (Å²) in [6, 6.07) is 64.8. The van der Waals surface area contributed by atoms with Crippen LogP contribution in [0.1, 0.15) is 65.2 Å². The van der Waals surface area contributed by atoms with Crippen LogP contribution in [-0.2, 0) is 12.8 Å². The van der Waals surface area contributed by atoms with Gasteiger partial charge in [0.1, 0.15) is 40.7 Å². The van der Waals surface area contributed by atoms with Crippen molar-refractivity contribution < 1.29 is 50.5 Å². The Kier molecular flexibility index (Phi) is 24.0. The first-order chi connectivity index (χ1) is 44.3. The van der Waals surface area contributed by atoms with E-state index < -0.39 is 11.9 Å². The largest absolute Gasteiger partial charge is 0.478 e. The third kappa shape index (κ3) is 21.4. The minimum absolute atomic E-state index is 0.0947. The fourth-order valence-corrected chi connectivity index (χ4v) is 9.30. The molecule has 0 atom stereocenters. The molecule has 0 heterocycles. The van der Waals surface area contributed by atoms with E-state index in [9.17, 15) is 50.5 Å². The summed E-state index contributed by atoms with van der Waals surface area (Å²) < 4.78 is 92.5. The Morgan fingerprint density at radius 3 is 1.08 bits per heavy atom. The Morgan fingerprint density at radius 2 is 0.663 bits per heavy atom. The van der Waals surface area contributed by atoms with Crippen molar-refractivity contribution >= 4 is 97.7 Å². The predicted octanol–water partition coefficient (Wildman–Crippen LogP) is 21.6. The SMILES string of the molecule is Cc1ccc(/C=C/c2cccc(F)c2)cc1Nc1ccc(F)cc1.Cc1ccc(Br)cc1Nc1ccc(F)cc1.O=C(O)c1ccc(/C=C/c2cccc(F)c2)cc1Nc1ccc(F)cc1.O=C(O)c1ccc(CCc2cccc(F)c2)cc1Nc1ccc(F)cc1. The molecule has 464 valence electrons. The molecular weight excluding hydrogens is 1250 g/mol. The molecule has 0 bridgehead atoms. The van der Waals surface area contributed by atoms with Crippen molar-refractivity contribution in [3.63, 3.8) is 0 Å². The molecule has 0 radical (unpaired) electrons. The van der Waals surface area contributed by atoms with Crippen LogP contribution in [0.25, 0.3) is 24.3 Å². The molecule has 11 aromatic rings. The van der Waals surface area contributed by atoms with Crippen molar-refractivity contribution in [2.75, 3.05) is 21.3 Å². The van der Waals surface area contributed by atoms with Gasteiger partial charge in [0.25, 0.3) is 0 Å². The second-order valence-electron chi connectivity index (χ2n) is 20.8. The standard InChI is InChI=1S/C21H17F2NO2.C21H15F2NO2.C21H17F2N.C13H11BrFN/c2*22-16-7-9-18(10-8-16)24-20-13-15(6-11-19(20)21(25)26)5-4-14-2-1-3-17(23)12-14;1-15-5-6-17(8-7-16-3-2-4-19(23)13-16)14-21(15)24-20-11-9-18(22)10-12-20;1-9-2-3-10(14)8-13(9)16-12-6-4-11(15)5-7-12/h1-3,6-13,24H,4-5H2,(H,25,26);1-13,24H,(H,25,26);2-14,24H,1H3;2-8,16H,1H3/b;5-4+;8-7+;. The highest BCUT2D eigenvalue weighted by atomic mass is 79.9. The van der Waals surface area contributed by atoms with Crippen LogP contribution in [0.5, 0.6) is 0 Å². The van der Waals surface area contributed by atoms with E-state index in [4.69, 9.17) is 0 Å². The fourth-order valence-electron chi connectivity index (χ4n) is 8.94. The zero-order valence-electron chi connectivity index (χ0n) is 49.6. The van der Waals surface area contributed by atoms with Crippen LogP contribution in [0.15, 0.2) is 247 Å². The van der Waals surface area contributed by atoms with Gasteiger partial charge in [0, 0.05) is 38.6 Å². The van der Waals surface area contributed by atoms with Crippen molar-refractivity contribution in [3.05, 3.63) is 343 Å². The Morgan fingerprint density at radius 1 is 0.337 bits per heavy atom. The Bertz CT molecular complexity index is 4360. The Hall–Kier alpha value is -11.0. The number of nitrogens with one attached hydrogen (secondary N) is 4. The van der Waals surface area contributed by atoms with Crippen LogP contribution in [0, 0.1) is 54.6 Å². The molecule has 0 fully saturated rings. The van der Waals surface area contributed by atoms with E-state index in [1.54, 1.807) is 97.1 Å². The van der Waals surface area contributed by atoms with Gasteiger partial charge < -0.3 is 31.5 Å². The normalized spacial score (nSPS) is 10.7. The highest BCUT2D eigenvalue weighted by Crippen LogP contribution is 2.29. The molecule has 0 aliphatic rings. The first kappa shape index (κ1) is 67.0. The number of carboxylic acid groups (broad SMARTS) is 2. The van der Waals surface area contributed by atoms with Gasteiger partial charge >= 0.3 is 11.9 Å². The second-order valence-corrected chi connectivity index (χ2v) is 21.7. The van der Waals surface area contributed by atoms with Crippen LogP contribution in [-0.4, -0.2) is 22.2 Å². The summed E-state index contributed by atoms with van der Waals surface area (Å²) in [7, 11) is 0. The van der Waals surface area contributed by atoms with Crippen molar-refractivity contribution in [2.45, 2.75) is 26.7 Å². The van der Waals surface area contributed by atoms with E-state index in [1.165, 1.54) is 109 Å². The maximum atomic E-state index is 13.3. The van der Waals surface area contributed by atoms with E-state index in [0.29, 0.717) is 41.2 Å². The van der Waals surface area contributed by atoms with E-state index in [2.05, 4.69) is 37.2 Å². The Balaban J connectivity index is 0.000000160. The van der Waals surface area contributed by atoms with Crippen molar-refractivity contribution in [1.29, 1.82) is 0 Å². The first-order valence-corrected chi connectivity index (χ1v) is 29.4. The summed E-state index contributed by atoms with van der Waals surface area (Å²) in [5, 5.41) is 31.3. The molecular formula is C76H60BrF7N4O4. The van der Waals surface area contributed by atoms with Crippen LogP contribution in [0.4, 0.5) is 76.2 Å². The molecule has 0 saturated carbocycles. The number of rotatable bonds is 17. The highest BCUT2D eigenvalue weighted by molar-refractivity contribution is 9.10. The summed E-state index contributed by atoms with van der Waals surface area (Å²) in [6.45, 7) is 4.03. The van der Waals surface area contributed by atoms with E-state index in [-0.39, 0.29) is 51.8 Å². The summed E-state index contributed by atoms with van der Waals surface area (Å²) in [4.78, 5) is 22.9. The number of carboxylic acids is 2. The number of aromatic carboxylic acids is 2. The lowest BCUT2D eigenvalue weighted by Gasteiger charge is -2.12. The second kappa shape index (κ2) is 33.0. The molecule has 0 unspecified atom stereocenters. The average Bonchev–Trinajstić information content (AvgIpc) is 3.21. The molecule has 0 aliphatic heterocycles. The lowest BCUT2D eigenvalue weighted by atomic mass is 10.0. The number of hydrogen-bond donors (Lipinski definition) is 6. The smallest absolute Gasteiger partial charge is 0.337 e. The molecule has 92 heavy (non-hydrogen) atoms. The monoisotopic (exact) mass is 1300 g/mol. The molecule has 11 aromatic carbocycles. The minimum atomic E-state index is -1.07. The maximum absolute atomic E-state index is 13.3. The number of anilines is 8. The molecule has 8 nitrogen and oxygen atoms in total. The van der Waals surface area contributed by atoms with Gasteiger partial charge in [-0.1, -0.05) is 107 Å². The Labute approximate surface area is 536 Å². The number of benzene rings is 11. The zero-order valence-corrected chi connectivity index (χ0v) is 51.1. The molecule has 11 rings (SSSR count). The third-order valence-corrected chi connectivity index (χ3v) is 14.3. The summed E-state index contributed by atoms with van der Waals surface area (Å²) in [5.74, 6) is -4.20. The van der Waals surface area contributed by atoms with Crippen LogP contribution in [0.3, 0.4) is 0 Å². The van der Waals surface area contributed by atoms with Crippen LogP contribution in [0.2, 0.25) is 0 Å². The lowest BCUT2D eigenvalue weighted by molar-refractivity contribution is 0.0687. The van der Waals surface area contributed by atoms with Gasteiger partial charge in [0.05, 0.1) is 22.5 Å². The number of aryl methyl sites for hydroxylation is 4. The number of carbonyl (C=O) groups is 2. The van der Waals surface area contributed by atoms with Gasteiger partial charge in [-0.3, -0.25) is 0 Å². The minimum Gasteiger partial charge on any atom is -0.478 e. The van der Waals surface area contributed by atoms with Gasteiger partial charge in [0.15, 0.2) is 0 Å². The molecule has 0 saturated heterocycles. The van der Waals surface area contributed by atoms with Gasteiger partial charge in [-0.25, -0.2) is 40.3 Å². The van der Waals surface area contributed by atoms with Crippen molar-refractivity contribution in [3.8, 4) is 0 Å². The van der Waals surface area contributed by atoms with E-state index in [1.807, 2.05) is 74.5 Å². The summed E-state index contributed by atoms with van der Waals surface area (Å²) >= 11 is 3.42. The molecule has 0 spiro atoms. The number of halogens is 8. The van der Waals surface area contributed by atoms with Crippen LogP contribution >= 0.6 is 15.9 Å². The lowest BCUT2D eigenvalue weighted by Crippen LogP contribution is -2.04.